The fraction of sp³-hybridized carbons (Fsp3) is 0.348. The summed E-state index contributed by atoms with van der Waals surface area (Å²) in [5, 5.41) is 8.33. The summed E-state index contributed by atoms with van der Waals surface area (Å²) in [4.78, 5) is 33.6. The van der Waals surface area contributed by atoms with Crippen LogP contribution in [0.4, 0.5) is 0 Å². The van der Waals surface area contributed by atoms with E-state index in [4.69, 9.17) is 11.6 Å². The van der Waals surface area contributed by atoms with E-state index in [1.54, 1.807) is 11.3 Å². The van der Waals surface area contributed by atoms with Crippen molar-refractivity contribution in [2.45, 2.75) is 45.2 Å². The molecule has 1 aliphatic rings. The maximum absolute atomic E-state index is 13.1. The average Bonchev–Trinajstić information content (AvgIpc) is 3.42. The maximum Gasteiger partial charge on any atom is 0.245 e. The molecule has 1 unspecified atom stereocenters. The van der Waals surface area contributed by atoms with Gasteiger partial charge in [-0.1, -0.05) is 43.1 Å². The number of thiazole rings is 1. The van der Waals surface area contributed by atoms with Crippen LogP contribution in [-0.2, 0) is 29.0 Å². The van der Waals surface area contributed by atoms with Gasteiger partial charge in [0.1, 0.15) is 11.0 Å². The highest BCUT2D eigenvalue weighted by molar-refractivity contribution is 7.13. The van der Waals surface area contributed by atoms with Gasteiger partial charge in [0.05, 0.1) is 17.1 Å². The molecule has 5 nitrogen and oxygen atoms in total. The molecule has 1 aromatic carbocycles. The number of hydrogen-bond acceptors (Lipinski definition) is 5. The molecule has 4 rings (SSSR count). The van der Waals surface area contributed by atoms with E-state index >= 15 is 0 Å². The van der Waals surface area contributed by atoms with Gasteiger partial charge >= 0.3 is 0 Å². The zero-order chi connectivity index (χ0) is 21.8. The van der Waals surface area contributed by atoms with Gasteiger partial charge in [0, 0.05) is 28.9 Å². The lowest BCUT2D eigenvalue weighted by atomic mass is 10.1. The molecule has 1 atom stereocenters. The summed E-state index contributed by atoms with van der Waals surface area (Å²) in [7, 11) is 0. The standard InChI is InChI=1S/C23H24ClN3O2S2/c1-2-5-19(23(29)27-10-8-20-15(13-27)9-11-30-20)26-21(28)12-16-14-31-22(25-16)17-6-3-4-7-18(17)24/h3-4,6-7,9,11,14,19H,2,5,8,10,12-13H2,1H3,(H,26,28). The minimum atomic E-state index is -0.501. The Balaban J connectivity index is 1.39. The average molecular weight is 474 g/mol. The van der Waals surface area contributed by atoms with Crippen LogP contribution in [0.25, 0.3) is 10.6 Å². The van der Waals surface area contributed by atoms with Crippen LogP contribution in [0.2, 0.25) is 5.02 Å². The predicted octanol–water partition coefficient (Wildman–Crippen LogP) is 4.94. The minimum Gasteiger partial charge on any atom is -0.344 e. The van der Waals surface area contributed by atoms with Crippen molar-refractivity contribution in [2.24, 2.45) is 0 Å². The molecule has 0 saturated heterocycles. The Morgan fingerprint density at radius 2 is 2.10 bits per heavy atom. The topological polar surface area (TPSA) is 62.3 Å². The molecule has 0 spiro atoms. The smallest absolute Gasteiger partial charge is 0.245 e. The van der Waals surface area contributed by atoms with Gasteiger partial charge in [-0.15, -0.1) is 22.7 Å². The lowest BCUT2D eigenvalue weighted by Crippen LogP contribution is -2.50. The maximum atomic E-state index is 13.1. The first-order valence-electron chi connectivity index (χ1n) is 10.4. The summed E-state index contributed by atoms with van der Waals surface area (Å²) in [6.45, 7) is 3.35. The lowest BCUT2D eigenvalue weighted by molar-refractivity contribution is -0.137. The summed E-state index contributed by atoms with van der Waals surface area (Å²) in [5.41, 5.74) is 2.76. The van der Waals surface area contributed by atoms with Crippen molar-refractivity contribution < 1.29 is 9.59 Å². The van der Waals surface area contributed by atoms with Crippen LogP contribution in [-0.4, -0.2) is 34.3 Å². The molecular weight excluding hydrogens is 450 g/mol. The normalized spacial score (nSPS) is 14.2. The first-order chi connectivity index (χ1) is 15.0. The number of nitrogens with one attached hydrogen (secondary N) is 1. The number of thiophene rings is 1. The lowest BCUT2D eigenvalue weighted by Gasteiger charge is -2.30. The summed E-state index contributed by atoms with van der Waals surface area (Å²) in [5.74, 6) is -0.182. The van der Waals surface area contributed by atoms with Gasteiger partial charge in [0.25, 0.3) is 0 Å². The second kappa shape index (κ2) is 9.94. The van der Waals surface area contributed by atoms with Gasteiger partial charge in [0.15, 0.2) is 0 Å². The number of fused-ring (bicyclic) bond motifs is 1. The third kappa shape index (κ3) is 5.17. The van der Waals surface area contributed by atoms with Gasteiger partial charge < -0.3 is 10.2 Å². The molecule has 8 heteroatoms. The molecule has 1 N–H and O–H groups in total. The van der Waals surface area contributed by atoms with E-state index in [9.17, 15) is 9.59 Å². The van der Waals surface area contributed by atoms with Gasteiger partial charge in [-0.2, -0.15) is 0 Å². The van der Waals surface area contributed by atoms with E-state index in [0.29, 0.717) is 30.2 Å². The van der Waals surface area contributed by atoms with Crippen LogP contribution in [0.3, 0.4) is 0 Å². The van der Waals surface area contributed by atoms with Gasteiger partial charge in [-0.25, -0.2) is 4.98 Å². The highest BCUT2D eigenvalue weighted by Crippen LogP contribution is 2.30. The zero-order valence-electron chi connectivity index (χ0n) is 17.3. The molecule has 0 aliphatic carbocycles. The molecule has 0 bridgehead atoms. The second-order valence-corrected chi connectivity index (χ2v) is 9.85. The van der Waals surface area contributed by atoms with E-state index in [2.05, 4.69) is 21.7 Å². The Hall–Kier alpha value is -2.22. The third-order valence-electron chi connectivity index (χ3n) is 5.33. The number of rotatable bonds is 7. The molecule has 2 aromatic heterocycles. The fourth-order valence-corrected chi connectivity index (χ4v) is 5.79. The third-order valence-corrected chi connectivity index (χ3v) is 7.60. The van der Waals surface area contributed by atoms with Crippen molar-refractivity contribution in [1.29, 1.82) is 0 Å². The van der Waals surface area contributed by atoms with Crippen LogP contribution in [0, 0.1) is 0 Å². The second-order valence-electron chi connectivity index (χ2n) is 7.59. The minimum absolute atomic E-state index is 0.00193. The zero-order valence-corrected chi connectivity index (χ0v) is 19.7. The number of carbonyl (C=O) groups is 2. The molecule has 162 valence electrons. The Bertz CT molecular complexity index is 1080. The summed E-state index contributed by atoms with van der Waals surface area (Å²) >= 11 is 9.47. The van der Waals surface area contributed by atoms with E-state index < -0.39 is 6.04 Å². The number of aromatic nitrogens is 1. The monoisotopic (exact) mass is 473 g/mol. The quantitative estimate of drug-likeness (QED) is 0.528. The van der Waals surface area contributed by atoms with Crippen molar-refractivity contribution >= 4 is 46.1 Å². The molecule has 31 heavy (non-hydrogen) atoms. The van der Waals surface area contributed by atoms with Crippen LogP contribution in [0.5, 0.6) is 0 Å². The Morgan fingerprint density at radius 3 is 2.90 bits per heavy atom. The summed E-state index contributed by atoms with van der Waals surface area (Å²) in [6.07, 6.45) is 2.47. The van der Waals surface area contributed by atoms with Crippen LogP contribution < -0.4 is 5.32 Å². The number of hydrogen-bond donors (Lipinski definition) is 1. The highest BCUT2D eigenvalue weighted by Gasteiger charge is 2.28. The Kier molecular flexibility index (Phi) is 7.05. The fourth-order valence-electron chi connectivity index (χ4n) is 3.76. The molecule has 0 saturated carbocycles. The summed E-state index contributed by atoms with van der Waals surface area (Å²) < 4.78 is 0. The molecular formula is C23H24ClN3O2S2. The van der Waals surface area contributed by atoms with Gasteiger partial charge in [0.2, 0.25) is 11.8 Å². The first kappa shape index (κ1) is 22.0. The Morgan fingerprint density at radius 1 is 1.26 bits per heavy atom. The molecule has 3 heterocycles. The van der Waals surface area contributed by atoms with Crippen molar-refractivity contribution in [3.05, 3.63) is 62.2 Å². The molecule has 0 fully saturated rings. The van der Waals surface area contributed by atoms with E-state index in [1.165, 1.54) is 21.8 Å². The van der Waals surface area contributed by atoms with Crippen LogP contribution >= 0.6 is 34.3 Å². The SMILES string of the molecule is CCCC(NC(=O)Cc1csc(-c2ccccc2Cl)n1)C(=O)N1CCc2sccc2C1. The van der Waals surface area contributed by atoms with Crippen molar-refractivity contribution in [1.82, 2.24) is 15.2 Å². The van der Waals surface area contributed by atoms with Crippen molar-refractivity contribution in [2.75, 3.05) is 6.54 Å². The molecule has 0 radical (unpaired) electrons. The van der Waals surface area contributed by atoms with Crippen LogP contribution in [0.1, 0.15) is 35.9 Å². The number of carbonyl (C=O) groups excluding carboxylic acids is 2. The van der Waals surface area contributed by atoms with E-state index in [-0.39, 0.29) is 18.2 Å². The van der Waals surface area contributed by atoms with Crippen molar-refractivity contribution in [3.63, 3.8) is 0 Å². The number of amides is 2. The predicted molar refractivity (Wildman–Crippen MR) is 127 cm³/mol. The number of benzene rings is 1. The van der Waals surface area contributed by atoms with Crippen LogP contribution in [0.15, 0.2) is 41.1 Å². The molecule has 3 aromatic rings. The van der Waals surface area contributed by atoms with Crippen molar-refractivity contribution in [3.8, 4) is 10.6 Å². The number of halogens is 1. The summed E-state index contributed by atoms with van der Waals surface area (Å²) in [6, 6.07) is 9.12. The first-order valence-corrected chi connectivity index (χ1v) is 12.5. The molecule has 2 amide bonds. The highest BCUT2D eigenvalue weighted by atomic mass is 35.5. The van der Waals surface area contributed by atoms with Gasteiger partial charge in [-0.3, -0.25) is 9.59 Å². The molecule has 1 aliphatic heterocycles. The van der Waals surface area contributed by atoms with E-state index in [0.717, 1.165) is 23.4 Å². The van der Waals surface area contributed by atoms with E-state index in [1.807, 2.05) is 41.5 Å². The van der Waals surface area contributed by atoms with Gasteiger partial charge in [-0.05, 0) is 35.9 Å². The number of nitrogens with zero attached hydrogens (tertiary/aromatic N) is 2. The Labute approximate surface area is 195 Å². The largest absolute Gasteiger partial charge is 0.344 e.